The molecule has 3 atom stereocenters. The SMILES string of the molecule is [B]N[C@@H](CCC(=O)O)C(=O)N[C@@H](CNC(=O)[C@H](CN)N1C(=O)C=CC1=O)C(=O)O. The molecule has 2 radical (unpaired) electrons. The third-order valence-corrected chi connectivity index (χ3v) is 3.94. The van der Waals surface area contributed by atoms with E-state index in [0.717, 1.165) is 12.2 Å². The molecule has 7 N–H and O–H groups in total. The van der Waals surface area contributed by atoms with Gasteiger partial charge in [0.1, 0.15) is 12.1 Å². The summed E-state index contributed by atoms with van der Waals surface area (Å²) in [5.74, 6) is -5.92. The number of aliphatic carboxylic acids is 2. The van der Waals surface area contributed by atoms with E-state index in [1.54, 1.807) is 0 Å². The van der Waals surface area contributed by atoms with Crippen LogP contribution in [0.3, 0.4) is 0 Å². The van der Waals surface area contributed by atoms with Crippen LogP contribution in [0.5, 0.6) is 0 Å². The van der Waals surface area contributed by atoms with Crippen molar-refractivity contribution in [2.45, 2.75) is 31.0 Å². The molecule has 1 heterocycles. The molecule has 0 spiro atoms. The first-order chi connectivity index (χ1) is 13.6. The lowest BCUT2D eigenvalue weighted by atomic mass is 10.1. The summed E-state index contributed by atoms with van der Waals surface area (Å²) in [5, 5.41) is 24.3. The third kappa shape index (κ3) is 6.69. The normalized spacial score (nSPS) is 16.2. The average molecular weight is 409 g/mol. The zero-order valence-electron chi connectivity index (χ0n) is 15.2. The van der Waals surface area contributed by atoms with Gasteiger partial charge in [-0.1, -0.05) is 0 Å². The second-order valence-corrected chi connectivity index (χ2v) is 5.93. The van der Waals surface area contributed by atoms with Gasteiger partial charge in [0.15, 0.2) is 7.98 Å². The van der Waals surface area contributed by atoms with E-state index in [-0.39, 0.29) is 12.8 Å². The van der Waals surface area contributed by atoms with Crippen LogP contribution < -0.4 is 21.6 Å². The lowest BCUT2D eigenvalue weighted by Crippen LogP contribution is -2.57. The molecule has 0 fully saturated rings. The van der Waals surface area contributed by atoms with Crippen molar-refractivity contribution in [3.05, 3.63) is 12.2 Å². The standard InChI is InChI=1S/C15H20BN5O8/c16-20-7(1-4-12(24)25)13(26)19-8(15(28)29)6-18-14(27)9(5-17)21-10(22)2-3-11(21)23/h2-3,7-9,20H,1,4-6,17H2,(H,18,27)(H,19,26)(H,24,25)(H,28,29)/t7-,8-,9-/m0/s1. The summed E-state index contributed by atoms with van der Waals surface area (Å²) >= 11 is 0. The third-order valence-electron chi connectivity index (χ3n) is 3.94. The van der Waals surface area contributed by atoms with Crippen LogP contribution in [-0.4, -0.2) is 89.9 Å². The van der Waals surface area contributed by atoms with Crippen molar-refractivity contribution in [1.29, 1.82) is 0 Å². The van der Waals surface area contributed by atoms with Crippen LogP contribution in [0.15, 0.2) is 12.2 Å². The monoisotopic (exact) mass is 409 g/mol. The van der Waals surface area contributed by atoms with Gasteiger partial charge in [-0.25, -0.2) is 4.79 Å². The Hall–Kier alpha value is -3.26. The van der Waals surface area contributed by atoms with E-state index in [2.05, 4.69) is 15.9 Å². The van der Waals surface area contributed by atoms with Crippen LogP contribution in [0.25, 0.3) is 0 Å². The minimum Gasteiger partial charge on any atom is -0.481 e. The Morgan fingerprint density at radius 3 is 2.10 bits per heavy atom. The molecule has 156 valence electrons. The van der Waals surface area contributed by atoms with Crippen molar-refractivity contribution in [1.82, 2.24) is 20.8 Å². The Bertz CT molecular complexity index is 709. The number of carbonyl (C=O) groups excluding carboxylic acids is 4. The number of nitrogens with one attached hydrogen (secondary N) is 3. The second-order valence-electron chi connectivity index (χ2n) is 5.93. The summed E-state index contributed by atoms with van der Waals surface area (Å²) in [4.78, 5) is 70.3. The van der Waals surface area contributed by atoms with Gasteiger partial charge < -0.3 is 31.8 Å². The van der Waals surface area contributed by atoms with Crippen LogP contribution in [-0.2, 0) is 28.8 Å². The maximum atomic E-state index is 12.3. The van der Waals surface area contributed by atoms with Gasteiger partial charge in [-0.15, -0.1) is 0 Å². The van der Waals surface area contributed by atoms with E-state index in [1.165, 1.54) is 0 Å². The summed E-state index contributed by atoms with van der Waals surface area (Å²) in [6.45, 7) is -0.986. The Balaban J connectivity index is 2.71. The molecule has 0 aromatic rings. The van der Waals surface area contributed by atoms with Crippen LogP contribution in [0.4, 0.5) is 0 Å². The first-order valence-corrected chi connectivity index (χ1v) is 8.36. The first-order valence-electron chi connectivity index (χ1n) is 8.36. The summed E-state index contributed by atoms with van der Waals surface area (Å²) in [6, 6.07) is -4.12. The molecule has 0 bridgehead atoms. The highest BCUT2D eigenvalue weighted by Crippen LogP contribution is 2.09. The van der Waals surface area contributed by atoms with Gasteiger partial charge in [-0.2, -0.15) is 0 Å². The molecule has 14 heteroatoms. The first kappa shape index (κ1) is 23.8. The molecule has 1 rings (SSSR count). The van der Waals surface area contributed by atoms with E-state index in [9.17, 15) is 33.9 Å². The number of carboxylic acid groups (broad SMARTS) is 2. The minimum atomic E-state index is -1.59. The summed E-state index contributed by atoms with van der Waals surface area (Å²) in [7, 11) is 5.18. The number of nitrogens with two attached hydrogens (primary N) is 1. The van der Waals surface area contributed by atoms with Crippen molar-refractivity contribution in [3.8, 4) is 0 Å². The zero-order valence-corrected chi connectivity index (χ0v) is 15.2. The van der Waals surface area contributed by atoms with Crippen LogP contribution in [0.1, 0.15) is 12.8 Å². The number of imide groups is 1. The minimum absolute atomic E-state index is 0.197. The van der Waals surface area contributed by atoms with Gasteiger partial charge in [0.05, 0.1) is 6.04 Å². The lowest BCUT2D eigenvalue weighted by Gasteiger charge is -2.25. The molecule has 0 saturated heterocycles. The summed E-state index contributed by atoms with van der Waals surface area (Å²) in [6.07, 6.45) is 1.35. The highest BCUT2D eigenvalue weighted by molar-refractivity contribution is 6.15. The number of amides is 4. The maximum Gasteiger partial charge on any atom is 0.328 e. The van der Waals surface area contributed by atoms with Gasteiger partial charge in [0.2, 0.25) is 11.8 Å². The molecule has 0 aliphatic carbocycles. The Kier molecular flexibility index (Phi) is 8.96. The van der Waals surface area contributed by atoms with Crippen molar-refractivity contribution < 1.29 is 39.0 Å². The van der Waals surface area contributed by atoms with Crippen LogP contribution >= 0.6 is 0 Å². The highest BCUT2D eigenvalue weighted by atomic mass is 16.4. The Morgan fingerprint density at radius 2 is 1.66 bits per heavy atom. The number of carboxylic acids is 2. The molecule has 0 unspecified atom stereocenters. The van der Waals surface area contributed by atoms with Gasteiger partial charge in [0, 0.05) is 31.7 Å². The molecular formula is C15H20BN5O8. The van der Waals surface area contributed by atoms with E-state index < -0.39 is 66.8 Å². The molecule has 0 aromatic carbocycles. The van der Waals surface area contributed by atoms with Crippen LogP contribution in [0.2, 0.25) is 0 Å². The fraction of sp³-hybridized carbons (Fsp3) is 0.467. The lowest BCUT2D eigenvalue weighted by molar-refractivity contribution is -0.146. The molecule has 4 amide bonds. The van der Waals surface area contributed by atoms with E-state index in [4.69, 9.17) is 18.8 Å². The van der Waals surface area contributed by atoms with Crippen LogP contribution in [0, 0.1) is 0 Å². The predicted octanol–water partition coefficient (Wildman–Crippen LogP) is -4.17. The molecule has 29 heavy (non-hydrogen) atoms. The number of rotatable bonds is 12. The van der Waals surface area contributed by atoms with Crippen molar-refractivity contribution in [2.75, 3.05) is 13.1 Å². The summed E-state index contributed by atoms with van der Waals surface area (Å²) < 4.78 is 0. The fourth-order valence-electron chi connectivity index (χ4n) is 2.40. The number of hydrogen-bond acceptors (Lipinski definition) is 8. The van der Waals surface area contributed by atoms with E-state index in [1.807, 2.05) is 0 Å². The highest BCUT2D eigenvalue weighted by Gasteiger charge is 2.35. The van der Waals surface area contributed by atoms with Crippen molar-refractivity contribution >= 4 is 43.5 Å². The topological polar surface area (TPSA) is 208 Å². The molecule has 0 saturated carbocycles. The van der Waals surface area contributed by atoms with Gasteiger partial charge in [-0.3, -0.25) is 28.9 Å². The Morgan fingerprint density at radius 1 is 1.07 bits per heavy atom. The quantitative estimate of drug-likeness (QED) is 0.135. The predicted molar refractivity (Wildman–Crippen MR) is 96.0 cm³/mol. The maximum absolute atomic E-state index is 12.3. The number of carbonyl (C=O) groups is 6. The molecule has 13 nitrogen and oxygen atoms in total. The van der Waals surface area contributed by atoms with E-state index in [0.29, 0.717) is 4.90 Å². The van der Waals surface area contributed by atoms with Gasteiger partial charge in [0.25, 0.3) is 11.8 Å². The molecular weight excluding hydrogens is 389 g/mol. The summed E-state index contributed by atoms with van der Waals surface area (Å²) in [5.41, 5.74) is 5.45. The van der Waals surface area contributed by atoms with Gasteiger partial charge >= 0.3 is 11.9 Å². The smallest absolute Gasteiger partial charge is 0.328 e. The fourth-order valence-corrected chi connectivity index (χ4v) is 2.40. The Labute approximate surface area is 166 Å². The number of hydrogen-bond donors (Lipinski definition) is 6. The molecule has 0 aromatic heterocycles. The average Bonchev–Trinajstić information content (AvgIpc) is 2.98. The zero-order chi connectivity index (χ0) is 22.1. The van der Waals surface area contributed by atoms with Crippen molar-refractivity contribution in [2.24, 2.45) is 5.73 Å². The van der Waals surface area contributed by atoms with E-state index >= 15 is 0 Å². The second kappa shape index (κ2) is 10.9. The van der Waals surface area contributed by atoms with Crippen molar-refractivity contribution in [3.63, 3.8) is 0 Å². The number of nitrogens with zero attached hydrogens (tertiary/aromatic N) is 1. The van der Waals surface area contributed by atoms with Gasteiger partial charge in [-0.05, 0) is 6.42 Å². The molecule has 1 aliphatic heterocycles. The largest absolute Gasteiger partial charge is 0.481 e. The molecule has 1 aliphatic rings.